The highest BCUT2D eigenvalue weighted by Crippen LogP contribution is 2.22. The Hall–Kier alpha value is -1.84. The molecule has 0 radical (unpaired) electrons. The van der Waals surface area contributed by atoms with Gasteiger partial charge in [0.1, 0.15) is 5.75 Å². The van der Waals surface area contributed by atoms with E-state index in [4.69, 9.17) is 10.5 Å². The predicted molar refractivity (Wildman–Crippen MR) is 51.6 cm³/mol. The van der Waals surface area contributed by atoms with Crippen LogP contribution in [-0.2, 0) is 0 Å². The van der Waals surface area contributed by atoms with Crippen LogP contribution in [0.15, 0.2) is 12.1 Å². The highest BCUT2D eigenvalue weighted by Gasteiger charge is 2.13. The topological polar surface area (TPSA) is 69.4 Å². The number of amides is 1. The second kappa shape index (κ2) is 3.91. The molecule has 0 spiro atoms. The third kappa shape index (κ3) is 1.74. The number of benzene rings is 1. The van der Waals surface area contributed by atoms with E-state index in [2.05, 4.69) is 0 Å². The quantitative estimate of drug-likeness (QED) is 0.725. The molecule has 4 nitrogen and oxygen atoms in total. The second-order valence-corrected chi connectivity index (χ2v) is 2.91. The molecule has 74 valence electrons. The number of aldehydes is 1. The van der Waals surface area contributed by atoms with Gasteiger partial charge in [-0.2, -0.15) is 0 Å². The van der Waals surface area contributed by atoms with Crippen LogP contribution >= 0.6 is 0 Å². The van der Waals surface area contributed by atoms with Gasteiger partial charge in [0.2, 0.25) is 5.91 Å². The molecule has 1 aromatic carbocycles. The number of methoxy groups -OCH3 is 1. The minimum absolute atomic E-state index is 0.192. The predicted octanol–water partition coefficient (Wildman–Crippen LogP) is 0.915. The molecular weight excluding hydrogens is 182 g/mol. The van der Waals surface area contributed by atoms with Crippen LogP contribution in [0.1, 0.15) is 26.3 Å². The molecule has 1 rings (SSSR count). The summed E-state index contributed by atoms with van der Waals surface area (Å²) in [6.45, 7) is 1.80. The summed E-state index contributed by atoms with van der Waals surface area (Å²) in [5, 5.41) is 0. The summed E-state index contributed by atoms with van der Waals surface area (Å²) < 4.78 is 4.97. The summed E-state index contributed by atoms with van der Waals surface area (Å²) >= 11 is 0. The summed E-state index contributed by atoms with van der Waals surface area (Å²) in [5.74, 6) is -0.261. The van der Waals surface area contributed by atoms with Gasteiger partial charge in [-0.05, 0) is 24.6 Å². The number of nitrogens with two attached hydrogens (primary N) is 1. The van der Waals surface area contributed by atoms with Gasteiger partial charge in [-0.1, -0.05) is 0 Å². The lowest BCUT2D eigenvalue weighted by Gasteiger charge is -2.08. The number of hydrogen-bond donors (Lipinski definition) is 1. The molecule has 0 saturated carbocycles. The first-order valence-electron chi connectivity index (χ1n) is 4.03. The lowest BCUT2D eigenvalue weighted by molar-refractivity contribution is 0.0992. The lowest BCUT2D eigenvalue weighted by Crippen LogP contribution is -2.14. The molecule has 4 heteroatoms. The van der Waals surface area contributed by atoms with Crippen molar-refractivity contribution in [3.05, 3.63) is 28.8 Å². The first kappa shape index (κ1) is 10.2. The normalized spacial score (nSPS) is 9.57. The summed E-state index contributed by atoms with van der Waals surface area (Å²) in [6.07, 6.45) is 0.568. The smallest absolute Gasteiger partial charge is 0.249 e. The highest BCUT2D eigenvalue weighted by molar-refractivity contribution is 6.02. The number of rotatable bonds is 3. The number of hydrogen-bond acceptors (Lipinski definition) is 3. The van der Waals surface area contributed by atoms with Gasteiger partial charge in [-0.25, -0.2) is 0 Å². The fourth-order valence-corrected chi connectivity index (χ4v) is 1.26. The minimum Gasteiger partial charge on any atom is -0.496 e. The van der Waals surface area contributed by atoms with Crippen LogP contribution in [0, 0.1) is 6.92 Å². The van der Waals surface area contributed by atoms with Gasteiger partial charge in [-0.3, -0.25) is 9.59 Å². The largest absolute Gasteiger partial charge is 0.496 e. The van der Waals surface area contributed by atoms with Crippen molar-refractivity contribution < 1.29 is 14.3 Å². The maximum Gasteiger partial charge on any atom is 0.249 e. The average molecular weight is 193 g/mol. The molecule has 0 heterocycles. The third-order valence-electron chi connectivity index (χ3n) is 1.89. The van der Waals surface area contributed by atoms with Crippen molar-refractivity contribution in [3.63, 3.8) is 0 Å². The van der Waals surface area contributed by atoms with Crippen LogP contribution in [0.4, 0.5) is 0 Å². The van der Waals surface area contributed by atoms with E-state index in [1.807, 2.05) is 0 Å². The number of primary amides is 1. The Labute approximate surface area is 81.7 Å². The molecule has 0 aromatic heterocycles. The zero-order chi connectivity index (χ0) is 10.7. The van der Waals surface area contributed by atoms with Gasteiger partial charge in [0.25, 0.3) is 0 Å². The number of carbonyl (C=O) groups is 2. The summed E-state index contributed by atoms with van der Waals surface area (Å²) in [4.78, 5) is 21.7. The number of aryl methyl sites for hydroxylation is 1. The monoisotopic (exact) mass is 193 g/mol. The van der Waals surface area contributed by atoms with E-state index >= 15 is 0 Å². The number of carbonyl (C=O) groups excluding carboxylic acids is 2. The van der Waals surface area contributed by atoms with Gasteiger partial charge in [0.05, 0.1) is 18.2 Å². The standard InChI is InChI=1S/C10H11NO3/c1-6-3-7(10(11)13)8(5-12)9(4-6)14-2/h3-5H,1-2H3,(H2,11,13). The molecule has 0 aliphatic carbocycles. The zero-order valence-electron chi connectivity index (χ0n) is 8.03. The van der Waals surface area contributed by atoms with Crippen LogP contribution in [0.2, 0.25) is 0 Å². The van der Waals surface area contributed by atoms with Gasteiger partial charge in [0, 0.05) is 0 Å². The van der Waals surface area contributed by atoms with Crippen molar-refractivity contribution in [3.8, 4) is 5.75 Å². The Bertz CT molecular complexity index is 385. The maximum atomic E-state index is 11.0. The van der Waals surface area contributed by atoms with Gasteiger partial charge >= 0.3 is 0 Å². The summed E-state index contributed by atoms with van der Waals surface area (Å²) in [5.41, 5.74) is 6.34. The lowest BCUT2D eigenvalue weighted by atomic mass is 10.0. The van der Waals surface area contributed by atoms with Crippen LogP contribution in [0.25, 0.3) is 0 Å². The molecule has 0 atom stereocenters. The molecular formula is C10H11NO3. The van der Waals surface area contributed by atoms with E-state index in [0.29, 0.717) is 12.0 Å². The minimum atomic E-state index is -0.630. The van der Waals surface area contributed by atoms with Crippen molar-refractivity contribution in [2.45, 2.75) is 6.92 Å². The van der Waals surface area contributed by atoms with Crippen molar-refractivity contribution in [1.82, 2.24) is 0 Å². The molecule has 0 saturated heterocycles. The molecule has 0 aliphatic rings. The van der Waals surface area contributed by atoms with E-state index in [1.54, 1.807) is 19.1 Å². The SMILES string of the molecule is COc1cc(C)cc(C(N)=O)c1C=O. The fraction of sp³-hybridized carbons (Fsp3) is 0.200. The second-order valence-electron chi connectivity index (χ2n) is 2.91. The van der Waals surface area contributed by atoms with Crippen molar-refractivity contribution in [2.75, 3.05) is 7.11 Å². The Kier molecular flexibility index (Phi) is 2.86. The third-order valence-corrected chi connectivity index (χ3v) is 1.89. The first-order chi connectivity index (χ1) is 6.60. The van der Waals surface area contributed by atoms with Crippen LogP contribution in [-0.4, -0.2) is 19.3 Å². The molecule has 1 aromatic rings. The molecule has 0 aliphatic heterocycles. The van der Waals surface area contributed by atoms with Gasteiger partial charge in [-0.15, -0.1) is 0 Å². The molecule has 14 heavy (non-hydrogen) atoms. The molecule has 0 unspecified atom stereocenters. The van der Waals surface area contributed by atoms with Crippen molar-refractivity contribution in [2.24, 2.45) is 5.73 Å². The number of ether oxygens (including phenoxy) is 1. The fourth-order valence-electron chi connectivity index (χ4n) is 1.26. The highest BCUT2D eigenvalue weighted by atomic mass is 16.5. The van der Waals surface area contributed by atoms with Crippen LogP contribution < -0.4 is 10.5 Å². The van der Waals surface area contributed by atoms with Crippen molar-refractivity contribution >= 4 is 12.2 Å². The molecule has 0 bridgehead atoms. The Balaban J connectivity index is 3.46. The van der Waals surface area contributed by atoms with Gasteiger partial charge < -0.3 is 10.5 Å². The molecule has 2 N–H and O–H groups in total. The average Bonchev–Trinajstić information content (AvgIpc) is 2.16. The van der Waals surface area contributed by atoms with Crippen LogP contribution in [0.3, 0.4) is 0 Å². The van der Waals surface area contributed by atoms with E-state index in [0.717, 1.165) is 5.56 Å². The molecule has 0 fully saturated rings. The zero-order valence-corrected chi connectivity index (χ0v) is 8.03. The maximum absolute atomic E-state index is 11.0. The summed E-state index contributed by atoms with van der Waals surface area (Å²) in [6, 6.07) is 3.24. The van der Waals surface area contributed by atoms with Crippen LogP contribution in [0.5, 0.6) is 5.75 Å². The Morgan fingerprint density at radius 3 is 2.57 bits per heavy atom. The first-order valence-corrected chi connectivity index (χ1v) is 4.03. The van der Waals surface area contributed by atoms with Crippen molar-refractivity contribution in [1.29, 1.82) is 0 Å². The summed E-state index contributed by atoms with van der Waals surface area (Å²) in [7, 11) is 1.44. The van der Waals surface area contributed by atoms with E-state index < -0.39 is 5.91 Å². The van der Waals surface area contributed by atoms with Gasteiger partial charge in [0.15, 0.2) is 6.29 Å². The Morgan fingerprint density at radius 1 is 1.50 bits per heavy atom. The van der Waals surface area contributed by atoms with E-state index in [9.17, 15) is 9.59 Å². The molecule has 1 amide bonds. The van der Waals surface area contributed by atoms with E-state index in [-0.39, 0.29) is 11.1 Å². The Morgan fingerprint density at radius 2 is 2.14 bits per heavy atom. The van der Waals surface area contributed by atoms with E-state index in [1.165, 1.54) is 7.11 Å².